The number of H-pyrrole nitrogens is 1. The Labute approximate surface area is 292 Å². The Morgan fingerprint density at radius 2 is 1.60 bits per heavy atom. The first-order valence-corrected chi connectivity index (χ1v) is 17.4. The molecule has 0 aliphatic carbocycles. The zero-order chi connectivity index (χ0) is 35.5. The number of hydrogen-bond donors (Lipinski definition) is 3. The molecular formula is C38H45N7O5. The second kappa shape index (κ2) is 14.7. The van der Waals surface area contributed by atoms with Crippen LogP contribution < -0.4 is 10.6 Å². The number of nitrogens with zero attached hydrogens (tertiary/aromatic N) is 4. The summed E-state index contributed by atoms with van der Waals surface area (Å²) in [4.78, 5) is 67.5. The molecule has 0 bridgehead atoms. The molecule has 0 radical (unpaired) electrons. The molecule has 0 spiro atoms. The second-order valence-electron chi connectivity index (χ2n) is 13.7. The number of methoxy groups -OCH3 is 1. The third kappa shape index (κ3) is 7.19. The number of fused-ring (bicyclic) bond motifs is 1. The van der Waals surface area contributed by atoms with Gasteiger partial charge in [-0.15, -0.1) is 0 Å². The van der Waals surface area contributed by atoms with Crippen molar-refractivity contribution in [3.8, 4) is 22.5 Å². The highest BCUT2D eigenvalue weighted by molar-refractivity contribution is 5.99. The van der Waals surface area contributed by atoms with Gasteiger partial charge in [0.25, 0.3) is 0 Å². The Kier molecular flexibility index (Phi) is 10.2. The van der Waals surface area contributed by atoms with Crippen molar-refractivity contribution in [3.63, 3.8) is 0 Å². The fourth-order valence-corrected chi connectivity index (χ4v) is 6.89. The number of imidazole rings is 1. The summed E-state index contributed by atoms with van der Waals surface area (Å²) in [5.41, 5.74) is 5.04. The van der Waals surface area contributed by atoms with E-state index in [-0.39, 0.29) is 35.6 Å². The lowest BCUT2D eigenvalue weighted by molar-refractivity contribution is -0.139. The third-order valence-corrected chi connectivity index (χ3v) is 9.62. The predicted molar refractivity (Wildman–Crippen MR) is 191 cm³/mol. The number of rotatable bonds is 9. The number of anilines is 1. The van der Waals surface area contributed by atoms with E-state index < -0.39 is 18.2 Å². The monoisotopic (exact) mass is 679 g/mol. The van der Waals surface area contributed by atoms with Crippen LogP contribution in [0.2, 0.25) is 0 Å². The zero-order valence-corrected chi connectivity index (χ0v) is 29.2. The molecule has 2 aromatic heterocycles. The molecule has 2 aliphatic heterocycles. The van der Waals surface area contributed by atoms with Crippen molar-refractivity contribution < 1.29 is 23.9 Å². The van der Waals surface area contributed by atoms with Crippen LogP contribution in [0.3, 0.4) is 0 Å². The highest BCUT2D eigenvalue weighted by Crippen LogP contribution is 2.33. The van der Waals surface area contributed by atoms with Gasteiger partial charge in [0.1, 0.15) is 17.9 Å². The van der Waals surface area contributed by atoms with Gasteiger partial charge < -0.3 is 30.2 Å². The SMILES string of the molecule is COC(=O)N[C@H](C(=O)N1CCCC1c1ncc(-c2ccc(-c3ccc4cc(NC(=O)C5CCCN5C(=O)C(C)C)ccc4n3)cc2)[nH]1)C(C)C. The molecule has 2 aliphatic rings. The van der Waals surface area contributed by atoms with Gasteiger partial charge >= 0.3 is 6.09 Å². The van der Waals surface area contributed by atoms with Crippen LogP contribution in [0.1, 0.15) is 65.2 Å². The van der Waals surface area contributed by atoms with Crippen molar-refractivity contribution in [3.05, 3.63) is 66.6 Å². The maximum Gasteiger partial charge on any atom is 0.407 e. The summed E-state index contributed by atoms with van der Waals surface area (Å²) >= 11 is 0. The summed E-state index contributed by atoms with van der Waals surface area (Å²) in [6.45, 7) is 8.72. The number of nitrogens with one attached hydrogen (secondary N) is 3. The highest BCUT2D eigenvalue weighted by atomic mass is 16.5. The summed E-state index contributed by atoms with van der Waals surface area (Å²) in [7, 11) is 1.29. The number of benzene rings is 2. The average molecular weight is 680 g/mol. The molecule has 50 heavy (non-hydrogen) atoms. The Morgan fingerprint density at radius 3 is 2.32 bits per heavy atom. The number of amides is 4. The molecule has 262 valence electrons. The first-order valence-electron chi connectivity index (χ1n) is 17.4. The number of aromatic nitrogens is 3. The Hall–Kier alpha value is -5.26. The molecule has 12 nitrogen and oxygen atoms in total. The van der Waals surface area contributed by atoms with Crippen molar-refractivity contribution in [1.29, 1.82) is 0 Å². The number of pyridine rings is 1. The van der Waals surface area contributed by atoms with Gasteiger partial charge in [-0.25, -0.2) is 14.8 Å². The summed E-state index contributed by atoms with van der Waals surface area (Å²) in [6, 6.07) is 16.3. The van der Waals surface area contributed by atoms with Gasteiger partial charge in [0.2, 0.25) is 17.7 Å². The first kappa shape index (κ1) is 34.6. The molecule has 2 unspecified atom stereocenters. The largest absolute Gasteiger partial charge is 0.453 e. The van der Waals surface area contributed by atoms with E-state index in [0.717, 1.165) is 52.7 Å². The van der Waals surface area contributed by atoms with Crippen LogP contribution in [-0.4, -0.2) is 80.8 Å². The lowest BCUT2D eigenvalue weighted by Crippen LogP contribution is -2.51. The van der Waals surface area contributed by atoms with Gasteiger partial charge in [-0.2, -0.15) is 0 Å². The topological polar surface area (TPSA) is 150 Å². The molecule has 0 saturated carbocycles. The number of alkyl carbamates (subject to hydrolysis) is 1. The van der Waals surface area contributed by atoms with Crippen LogP contribution in [0.5, 0.6) is 0 Å². The zero-order valence-electron chi connectivity index (χ0n) is 29.2. The maximum absolute atomic E-state index is 13.5. The molecular weight excluding hydrogens is 634 g/mol. The molecule has 2 fully saturated rings. The fourth-order valence-electron chi connectivity index (χ4n) is 6.89. The van der Waals surface area contributed by atoms with Crippen molar-refractivity contribution in [2.75, 3.05) is 25.5 Å². The summed E-state index contributed by atoms with van der Waals surface area (Å²) < 4.78 is 4.74. The predicted octanol–water partition coefficient (Wildman–Crippen LogP) is 5.92. The number of hydrogen-bond acceptors (Lipinski definition) is 7. The molecule has 2 aromatic carbocycles. The molecule has 3 atom stereocenters. The summed E-state index contributed by atoms with van der Waals surface area (Å²) in [5.74, 6) is 0.171. The standard InChI is InChI=1S/C38H45N7O5/c1-22(2)33(43-38(49)50-5)37(48)44-18-6-8-31(44)34-39-21-30(42-34)25-12-10-24(11-13-25)28-16-14-26-20-27(15-17-29(26)41-28)40-35(46)32-9-7-19-45(32)36(47)23(3)4/h10-17,20-23,31-33H,6-9,18-19H2,1-5H3,(H,39,42)(H,40,46)(H,43,49)/t31?,32?,33-/m0/s1. The van der Waals surface area contributed by atoms with Crippen LogP contribution in [0.25, 0.3) is 33.4 Å². The van der Waals surface area contributed by atoms with Crippen LogP contribution in [0, 0.1) is 11.8 Å². The summed E-state index contributed by atoms with van der Waals surface area (Å²) in [6.07, 6.45) is 4.27. The van der Waals surface area contributed by atoms with Crippen molar-refractivity contribution in [2.45, 2.75) is 71.5 Å². The fraction of sp³-hybridized carbons (Fsp3) is 0.421. The van der Waals surface area contributed by atoms with E-state index in [1.807, 2.05) is 82.3 Å². The maximum atomic E-state index is 13.5. The van der Waals surface area contributed by atoms with E-state index in [2.05, 4.69) is 20.6 Å². The van der Waals surface area contributed by atoms with E-state index in [1.165, 1.54) is 7.11 Å². The van der Waals surface area contributed by atoms with Gasteiger partial charge in [0.15, 0.2) is 0 Å². The molecule has 3 N–H and O–H groups in total. The average Bonchev–Trinajstić information content (AvgIpc) is 3.91. The lowest BCUT2D eigenvalue weighted by atomic mass is 10.0. The Morgan fingerprint density at radius 1 is 0.880 bits per heavy atom. The number of carbonyl (C=O) groups excluding carboxylic acids is 4. The number of aromatic amines is 1. The van der Waals surface area contributed by atoms with E-state index in [1.54, 1.807) is 16.0 Å². The smallest absolute Gasteiger partial charge is 0.407 e. The van der Waals surface area contributed by atoms with Crippen molar-refractivity contribution in [2.24, 2.45) is 11.8 Å². The van der Waals surface area contributed by atoms with Gasteiger partial charge in [0, 0.05) is 35.6 Å². The van der Waals surface area contributed by atoms with E-state index >= 15 is 0 Å². The minimum Gasteiger partial charge on any atom is -0.453 e. The number of carbonyl (C=O) groups is 4. The van der Waals surface area contributed by atoms with Crippen LogP contribution in [0.4, 0.5) is 10.5 Å². The van der Waals surface area contributed by atoms with Crippen LogP contribution in [-0.2, 0) is 19.1 Å². The first-order chi connectivity index (χ1) is 24.0. The van der Waals surface area contributed by atoms with Crippen molar-refractivity contribution >= 4 is 40.4 Å². The van der Waals surface area contributed by atoms with Crippen LogP contribution in [0.15, 0.2) is 60.8 Å². The number of likely N-dealkylation sites (tertiary alicyclic amines) is 2. The minimum atomic E-state index is -0.688. The highest BCUT2D eigenvalue weighted by Gasteiger charge is 2.38. The Balaban J connectivity index is 1.12. The quantitative estimate of drug-likeness (QED) is 0.199. The Bertz CT molecular complexity index is 1890. The molecule has 4 heterocycles. The van der Waals surface area contributed by atoms with E-state index in [9.17, 15) is 19.2 Å². The van der Waals surface area contributed by atoms with Gasteiger partial charge in [0.05, 0.1) is 36.3 Å². The van der Waals surface area contributed by atoms with Gasteiger partial charge in [-0.3, -0.25) is 14.4 Å². The van der Waals surface area contributed by atoms with Gasteiger partial charge in [-0.05, 0) is 61.4 Å². The third-order valence-electron chi connectivity index (χ3n) is 9.62. The lowest BCUT2D eigenvalue weighted by Gasteiger charge is -2.30. The molecule has 4 aromatic rings. The van der Waals surface area contributed by atoms with Crippen molar-refractivity contribution in [1.82, 2.24) is 30.1 Å². The number of ether oxygens (including phenoxy) is 1. The van der Waals surface area contributed by atoms with E-state index in [0.29, 0.717) is 31.0 Å². The molecule has 6 rings (SSSR count). The minimum absolute atomic E-state index is 0.0108. The normalized spacial score (nSPS) is 18.1. The molecule has 2 saturated heterocycles. The van der Waals surface area contributed by atoms with Crippen LogP contribution >= 0.6 is 0 Å². The second-order valence-corrected chi connectivity index (χ2v) is 13.7. The van der Waals surface area contributed by atoms with E-state index in [4.69, 9.17) is 9.72 Å². The molecule has 4 amide bonds. The molecule has 12 heteroatoms. The summed E-state index contributed by atoms with van der Waals surface area (Å²) in [5, 5.41) is 6.59. The van der Waals surface area contributed by atoms with Gasteiger partial charge in [-0.1, -0.05) is 58.0 Å².